The Balaban J connectivity index is 2.32. The lowest BCUT2D eigenvalue weighted by atomic mass is 10.2. The number of carboxylic acid groups (broad SMARTS) is 1. The molecule has 2 N–H and O–H groups in total. The first kappa shape index (κ1) is 15.3. The van der Waals surface area contributed by atoms with Crippen LogP contribution in [0.4, 0.5) is 5.69 Å². The number of nitrogens with one attached hydrogen (secondary N) is 1. The molecule has 98 valence electrons. The minimum atomic E-state index is -0.833. The van der Waals surface area contributed by atoms with Gasteiger partial charge >= 0.3 is 5.97 Å². The number of hydrogen-bond donors (Lipinski definition) is 2. The lowest BCUT2D eigenvalue weighted by Gasteiger charge is -2.07. The second-order valence-electron chi connectivity index (χ2n) is 3.81. The Morgan fingerprint density at radius 1 is 1.50 bits per heavy atom. The van der Waals surface area contributed by atoms with Crippen molar-refractivity contribution in [1.29, 1.82) is 0 Å². The molecule has 0 bridgehead atoms. The summed E-state index contributed by atoms with van der Waals surface area (Å²) in [5.74, 6) is -0.668. The van der Waals surface area contributed by atoms with Crippen LogP contribution in [0.3, 0.4) is 0 Å². The van der Waals surface area contributed by atoms with Crippen molar-refractivity contribution in [3.63, 3.8) is 0 Å². The molecule has 4 nitrogen and oxygen atoms in total. The summed E-state index contributed by atoms with van der Waals surface area (Å²) in [6.45, 7) is 1.63. The first-order chi connectivity index (χ1) is 8.49. The third kappa shape index (κ3) is 5.72. The van der Waals surface area contributed by atoms with E-state index in [1.807, 2.05) is 24.3 Å². The molecular formula is C12H14INO3S. The van der Waals surface area contributed by atoms with E-state index in [0.717, 1.165) is 9.26 Å². The minimum absolute atomic E-state index is 0.111. The molecule has 18 heavy (non-hydrogen) atoms. The molecule has 0 spiro atoms. The number of carboxylic acids is 1. The molecule has 1 aromatic carbocycles. The smallest absolute Gasteiger partial charge is 0.307 e. The molecule has 0 aromatic heterocycles. The Morgan fingerprint density at radius 2 is 2.22 bits per heavy atom. The van der Waals surface area contributed by atoms with Gasteiger partial charge in [-0.2, -0.15) is 11.8 Å². The summed E-state index contributed by atoms with van der Waals surface area (Å²) in [6.07, 6.45) is 0. The predicted molar refractivity (Wildman–Crippen MR) is 81.9 cm³/mol. The van der Waals surface area contributed by atoms with E-state index in [1.54, 1.807) is 6.92 Å². The molecule has 0 saturated heterocycles. The lowest BCUT2D eigenvalue weighted by Crippen LogP contribution is -2.17. The second-order valence-corrected chi connectivity index (χ2v) is 6.09. The number of aliphatic carboxylic acids is 1. The van der Waals surface area contributed by atoms with Gasteiger partial charge in [-0.3, -0.25) is 9.59 Å². The zero-order chi connectivity index (χ0) is 13.5. The average Bonchev–Trinajstić information content (AvgIpc) is 2.28. The molecule has 1 atom stereocenters. The van der Waals surface area contributed by atoms with Crippen molar-refractivity contribution in [2.75, 3.05) is 16.8 Å². The average molecular weight is 379 g/mol. The first-order valence-electron chi connectivity index (χ1n) is 5.35. The Kier molecular flexibility index (Phi) is 6.48. The zero-order valence-corrected chi connectivity index (χ0v) is 12.8. The lowest BCUT2D eigenvalue weighted by molar-refractivity contribution is -0.140. The second kappa shape index (κ2) is 7.63. The van der Waals surface area contributed by atoms with Gasteiger partial charge in [0.2, 0.25) is 5.91 Å². The zero-order valence-electron chi connectivity index (χ0n) is 9.85. The number of hydrogen-bond acceptors (Lipinski definition) is 3. The number of rotatable bonds is 6. The van der Waals surface area contributed by atoms with Crippen molar-refractivity contribution < 1.29 is 14.7 Å². The number of carbonyl (C=O) groups is 2. The largest absolute Gasteiger partial charge is 0.481 e. The van der Waals surface area contributed by atoms with Crippen LogP contribution in [0.15, 0.2) is 24.3 Å². The third-order valence-electron chi connectivity index (χ3n) is 2.13. The molecule has 0 aliphatic carbocycles. The van der Waals surface area contributed by atoms with Gasteiger partial charge in [0.1, 0.15) is 0 Å². The third-order valence-corrected chi connectivity index (χ3v) is 4.00. The number of amides is 1. The number of benzene rings is 1. The van der Waals surface area contributed by atoms with Crippen molar-refractivity contribution in [2.24, 2.45) is 5.92 Å². The van der Waals surface area contributed by atoms with E-state index in [-0.39, 0.29) is 11.7 Å². The van der Waals surface area contributed by atoms with E-state index in [9.17, 15) is 9.59 Å². The Bertz CT molecular complexity index is 439. The van der Waals surface area contributed by atoms with Gasteiger partial charge in [-0.25, -0.2) is 0 Å². The van der Waals surface area contributed by atoms with Crippen molar-refractivity contribution in [1.82, 2.24) is 0 Å². The molecule has 1 amide bonds. The molecule has 1 rings (SSSR count). The van der Waals surface area contributed by atoms with Crippen LogP contribution in [0.25, 0.3) is 0 Å². The molecule has 6 heteroatoms. The highest BCUT2D eigenvalue weighted by Crippen LogP contribution is 2.13. The van der Waals surface area contributed by atoms with E-state index in [0.29, 0.717) is 5.75 Å². The highest BCUT2D eigenvalue weighted by atomic mass is 127. The summed E-state index contributed by atoms with van der Waals surface area (Å²) in [4.78, 5) is 22.2. The van der Waals surface area contributed by atoms with Crippen LogP contribution in [0.2, 0.25) is 0 Å². The predicted octanol–water partition coefficient (Wildman–Crippen LogP) is 2.68. The van der Waals surface area contributed by atoms with Crippen molar-refractivity contribution in [3.8, 4) is 0 Å². The van der Waals surface area contributed by atoms with Gasteiger partial charge < -0.3 is 10.4 Å². The van der Waals surface area contributed by atoms with Crippen LogP contribution < -0.4 is 5.32 Å². The summed E-state index contributed by atoms with van der Waals surface area (Å²) in [6, 6.07) is 7.52. The maximum Gasteiger partial charge on any atom is 0.307 e. The van der Waals surface area contributed by atoms with Crippen LogP contribution >= 0.6 is 34.4 Å². The number of anilines is 1. The summed E-state index contributed by atoms with van der Waals surface area (Å²) in [5.41, 5.74) is 0.763. The Labute approximate surface area is 124 Å². The van der Waals surface area contributed by atoms with Gasteiger partial charge in [-0.05, 0) is 40.8 Å². The maximum atomic E-state index is 11.6. The quantitative estimate of drug-likeness (QED) is 0.746. The molecule has 1 aromatic rings. The van der Waals surface area contributed by atoms with Crippen LogP contribution in [0.1, 0.15) is 6.92 Å². The molecule has 0 aliphatic heterocycles. The molecule has 0 fully saturated rings. The van der Waals surface area contributed by atoms with Crippen LogP contribution in [0.5, 0.6) is 0 Å². The van der Waals surface area contributed by atoms with E-state index in [1.165, 1.54) is 11.8 Å². The highest BCUT2D eigenvalue weighted by molar-refractivity contribution is 14.1. The standard InChI is InChI=1S/C12H14INO3S/c1-8(12(16)17)6-18-7-11(15)14-10-4-2-3-9(13)5-10/h2-5,8H,6-7H2,1H3,(H,14,15)(H,16,17). The SMILES string of the molecule is CC(CSCC(=O)Nc1cccc(I)c1)C(=O)O. The van der Waals surface area contributed by atoms with Crippen LogP contribution in [-0.2, 0) is 9.59 Å². The van der Waals surface area contributed by atoms with Crippen molar-refractivity contribution in [3.05, 3.63) is 27.8 Å². The summed E-state index contributed by atoms with van der Waals surface area (Å²) < 4.78 is 1.05. The van der Waals surface area contributed by atoms with Crippen LogP contribution in [0, 0.1) is 9.49 Å². The molecule has 0 radical (unpaired) electrons. The summed E-state index contributed by atoms with van der Waals surface area (Å²) >= 11 is 3.50. The molecule has 1 unspecified atom stereocenters. The van der Waals surface area contributed by atoms with Gasteiger partial charge in [0, 0.05) is 15.0 Å². The first-order valence-corrected chi connectivity index (χ1v) is 7.58. The fourth-order valence-corrected chi connectivity index (χ4v) is 2.58. The molecular weight excluding hydrogens is 365 g/mol. The van der Waals surface area contributed by atoms with Crippen molar-refractivity contribution in [2.45, 2.75) is 6.92 Å². The number of carbonyl (C=O) groups excluding carboxylic acids is 1. The minimum Gasteiger partial charge on any atom is -0.481 e. The van der Waals surface area contributed by atoms with Crippen molar-refractivity contribution >= 4 is 51.9 Å². The molecule has 0 saturated carbocycles. The molecule has 0 aliphatic rings. The van der Waals surface area contributed by atoms with Gasteiger partial charge in [-0.15, -0.1) is 0 Å². The molecule has 0 heterocycles. The van der Waals surface area contributed by atoms with Gasteiger partial charge in [0.05, 0.1) is 11.7 Å². The number of thioether (sulfide) groups is 1. The van der Waals surface area contributed by atoms with Gasteiger partial charge in [0.25, 0.3) is 0 Å². The number of halogens is 1. The highest BCUT2D eigenvalue weighted by Gasteiger charge is 2.11. The van der Waals surface area contributed by atoms with E-state index in [2.05, 4.69) is 27.9 Å². The summed E-state index contributed by atoms with van der Waals surface area (Å²) in [5, 5.41) is 11.5. The fraction of sp³-hybridized carbons (Fsp3) is 0.333. The van der Waals surface area contributed by atoms with Crippen LogP contribution in [-0.4, -0.2) is 28.5 Å². The van der Waals surface area contributed by atoms with Gasteiger partial charge in [0.15, 0.2) is 0 Å². The van der Waals surface area contributed by atoms with Gasteiger partial charge in [-0.1, -0.05) is 13.0 Å². The Morgan fingerprint density at radius 3 is 2.83 bits per heavy atom. The van der Waals surface area contributed by atoms with E-state index < -0.39 is 11.9 Å². The Hall–Kier alpha value is -0.760. The maximum absolute atomic E-state index is 11.6. The topological polar surface area (TPSA) is 66.4 Å². The van der Waals surface area contributed by atoms with E-state index >= 15 is 0 Å². The van der Waals surface area contributed by atoms with E-state index in [4.69, 9.17) is 5.11 Å². The normalized spacial score (nSPS) is 11.9. The summed E-state index contributed by atoms with van der Waals surface area (Å²) in [7, 11) is 0. The monoisotopic (exact) mass is 379 g/mol. The fourth-order valence-electron chi connectivity index (χ4n) is 1.16.